The van der Waals surface area contributed by atoms with E-state index in [1.54, 1.807) is 0 Å². The first-order chi connectivity index (χ1) is 5.31. The van der Waals surface area contributed by atoms with Gasteiger partial charge in [-0.1, -0.05) is 11.8 Å². The van der Waals surface area contributed by atoms with E-state index in [0.717, 1.165) is 32.5 Å². The van der Waals surface area contributed by atoms with Crippen LogP contribution in [0.5, 0.6) is 0 Å². The van der Waals surface area contributed by atoms with Crippen LogP contribution >= 0.6 is 11.8 Å². The third-order valence-corrected chi connectivity index (χ3v) is 3.69. The molecule has 0 aromatic heterocycles. The zero-order valence-corrected chi connectivity index (χ0v) is 7.17. The van der Waals surface area contributed by atoms with Crippen molar-refractivity contribution in [3.8, 4) is 0 Å². The molecule has 2 fully saturated rings. The Bertz CT molecular complexity index is 177. The van der Waals surface area contributed by atoms with Gasteiger partial charge in [-0.05, 0) is 25.9 Å². The SMILES string of the molecule is O=C1NCC2(CCNCC2)S1. The van der Waals surface area contributed by atoms with E-state index in [9.17, 15) is 4.79 Å². The Morgan fingerprint density at radius 1 is 1.36 bits per heavy atom. The number of nitrogens with one attached hydrogen (secondary N) is 2. The van der Waals surface area contributed by atoms with Crippen molar-refractivity contribution in [3.63, 3.8) is 0 Å². The molecule has 0 saturated carbocycles. The summed E-state index contributed by atoms with van der Waals surface area (Å²) in [5.41, 5.74) is 0. The van der Waals surface area contributed by atoms with Crippen LogP contribution in [-0.4, -0.2) is 29.6 Å². The lowest BCUT2D eigenvalue weighted by Crippen LogP contribution is -2.41. The third kappa shape index (κ3) is 1.37. The average molecular weight is 172 g/mol. The normalized spacial score (nSPS) is 28.9. The molecular weight excluding hydrogens is 160 g/mol. The minimum Gasteiger partial charge on any atom is -0.346 e. The van der Waals surface area contributed by atoms with Crippen molar-refractivity contribution >= 4 is 17.0 Å². The topological polar surface area (TPSA) is 41.1 Å². The number of hydrogen-bond acceptors (Lipinski definition) is 3. The molecule has 0 bridgehead atoms. The Morgan fingerprint density at radius 2 is 2.09 bits per heavy atom. The Hall–Kier alpha value is -0.220. The van der Waals surface area contributed by atoms with E-state index in [2.05, 4.69) is 10.6 Å². The predicted octanol–water partition coefficient (Wildman–Crippen LogP) is 0.565. The number of hydrogen-bond donors (Lipinski definition) is 2. The first kappa shape index (κ1) is 7.43. The largest absolute Gasteiger partial charge is 0.346 e. The summed E-state index contributed by atoms with van der Waals surface area (Å²) in [6, 6.07) is 0. The number of carbonyl (C=O) groups excluding carboxylic acids is 1. The molecule has 2 N–H and O–H groups in total. The maximum Gasteiger partial charge on any atom is 0.279 e. The number of piperidine rings is 1. The summed E-state index contributed by atoms with van der Waals surface area (Å²) in [5.74, 6) is 0. The molecule has 0 aromatic rings. The molecular formula is C7H12N2OS. The quantitative estimate of drug-likeness (QED) is 0.561. The number of amides is 1. The number of rotatable bonds is 0. The summed E-state index contributed by atoms with van der Waals surface area (Å²) in [4.78, 5) is 10.9. The summed E-state index contributed by atoms with van der Waals surface area (Å²) in [7, 11) is 0. The Morgan fingerprint density at radius 3 is 2.64 bits per heavy atom. The third-order valence-electron chi connectivity index (χ3n) is 2.38. The monoisotopic (exact) mass is 172 g/mol. The highest BCUT2D eigenvalue weighted by Gasteiger charge is 2.39. The van der Waals surface area contributed by atoms with Crippen LogP contribution in [0.1, 0.15) is 12.8 Å². The highest BCUT2D eigenvalue weighted by atomic mass is 32.2. The van der Waals surface area contributed by atoms with Crippen LogP contribution in [0.25, 0.3) is 0 Å². The van der Waals surface area contributed by atoms with Gasteiger partial charge in [0.05, 0.1) is 0 Å². The second-order valence-corrected chi connectivity index (χ2v) is 4.62. The van der Waals surface area contributed by atoms with E-state index in [4.69, 9.17) is 0 Å². The van der Waals surface area contributed by atoms with E-state index in [1.807, 2.05) is 0 Å². The molecule has 4 heteroatoms. The van der Waals surface area contributed by atoms with E-state index >= 15 is 0 Å². The highest BCUT2D eigenvalue weighted by Crippen LogP contribution is 2.37. The molecule has 3 nitrogen and oxygen atoms in total. The summed E-state index contributed by atoms with van der Waals surface area (Å²) >= 11 is 1.50. The molecule has 2 rings (SSSR count). The van der Waals surface area contributed by atoms with E-state index in [1.165, 1.54) is 11.8 Å². The van der Waals surface area contributed by atoms with Gasteiger partial charge in [0.1, 0.15) is 0 Å². The number of carbonyl (C=O) groups is 1. The summed E-state index contributed by atoms with van der Waals surface area (Å²) < 4.78 is 0.238. The van der Waals surface area contributed by atoms with Gasteiger partial charge in [-0.3, -0.25) is 4.79 Å². The van der Waals surface area contributed by atoms with Gasteiger partial charge in [-0.15, -0.1) is 0 Å². The summed E-state index contributed by atoms with van der Waals surface area (Å²) in [6.45, 7) is 2.99. The molecule has 62 valence electrons. The fourth-order valence-corrected chi connectivity index (χ4v) is 2.75. The molecule has 1 amide bonds. The minimum atomic E-state index is 0.159. The maximum absolute atomic E-state index is 10.9. The lowest BCUT2D eigenvalue weighted by molar-refractivity contribution is 0.262. The van der Waals surface area contributed by atoms with Crippen molar-refractivity contribution in [1.82, 2.24) is 10.6 Å². The first-order valence-electron chi connectivity index (χ1n) is 3.98. The molecule has 0 radical (unpaired) electrons. The van der Waals surface area contributed by atoms with Crippen LogP contribution in [0, 0.1) is 0 Å². The van der Waals surface area contributed by atoms with Crippen LogP contribution < -0.4 is 10.6 Å². The van der Waals surface area contributed by atoms with Gasteiger partial charge < -0.3 is 10.6 Å². The summed E-state index contributed by atoms with van der Waals surface area (Å²) in [6.07, 6.45) is 2.24. The van der Waals surface area contributed by atoms with Crippen molar-refractivity contribution in [1.29, 1.82) is 0 Å². The smallest absolute Gasteiger partial charge is 0.279 e. The molecule has 2 aliphatic rings. The fourth-order valence-electron chi connectivity index (χ4n) is 1.66. The molecule has 11 heavy (non-hydrogen) atoms. The molecule has 0 atom stereocenters. The Kier molecular flexibility index (Phi) is 1.81. The maximum atomic E-state index is 10.9. The van der Waals surface area contributed by atoms with Gasteiger partial charge in [0, 0.05) is 11.3 Å². The Labute approximate surface area is 70.3 Å². The van der Waals surface area contributed by atoms with E-state index < -0.39 is 0 Å². The van der Waals surface area contributed by atoms with Crippen LogP contribution in [0.3, 0.4) is 0 Å². The van der Waals surface area contributed by atoms with Gasteiger partial charge in [0.25, 0.3) is 5.24 Å². The molecule has 0 unspecified atom stereocenters. The van der Waals surface area contributed by atoms with E-state index in [-0.39, 0.29) is 9.99 Å². The van der Waals surface area contributed by atoms with Crippen molar-refractivity contribution in [2.24, 2.45) is 0 Å². The second-order valence-electron chi connectivity index (χ2n) is 3.18. The van der Waals surface area contributed by atoms with Gasteiger partial charge in [0.2, 0.25) is 0 Å². The molecule has 0 aliphatic carbocycles. The zero-order valence-electron chi connectivity index (χ0n) is 6.35. The highest BCUT2D eigenvalue weighted by molar-refractivity contribution is 8.15. The molecule has 2 heterocycles. The average Bonchev–Trinajstić information content (AvgIpc) is 2.34. The first-order valence-corrected chi connectivity index (χ1v) is 4.80. The molecule has 2 aliphatic heterocycles. The van der Waals surface area contributed by atoms with Crippen LogP contribution in [-0.2, 0) is 0 Å². The lowest BCUT2D eigenvalue weighted by Gasteiger charge is -2.30. The van der Waals surface area contributed by atoms with Crippen LogP contribution in [0.15, 0.2) is 0 Å². The minimum absolute atomic E-state index is 0.159. The molecule has 0 aromatic carbocycles. The van der Waals surface area contributed by atoms with Gasteiger partial charge in [-0.25, -0.2) is 0 Å². The van der Waals surface area contributed by atoms with Gasteiger partial charge in [0.15, 0.2) is 0 Å². The van der Waals surface area contributed by atoms with Crippen molar-refractivity contribution in [2.45, 2.75) is 17.6 Å². The van der Waals surface area contributed by atoms with Gasteiger partial charge >= 0.3 is 0 Å². The lowest BCUT2D eigenvalue weighted by atomic mass is 9.97. The zero-order chi connectivity index (χ0) is 7.73. The van der Waals surface area contributed by atoms with E-state index in [0.29, 0.717) is 0 Å². The molecule has 1 spiro atoms. The van der Waals surface area contributed by atoms with Crippen LogP contribution in [0.2, 0.25) is 0 Å². The Balaban J connectivity index is 2.03. The predicted molar refractivity (Wildman–Crippen MR) is 45.8 cm³/mol. The summed E-state index contributed by atoms with van der Waals surface area (Å²) in [5, 5.41) is 6.33. The molecule has 2 saturated heterocycles. The van der Waals surface area contributed by atoms with Gasteiger partial charge in [-0.2, -0.15) is 0 Å². The fraction of sp³-hybridized carbons (Fsp3) is 0.857. The second kappa shape index (κ2) is 2.68. The van der Waals surface area contributed by atoms with Crippen LogP contribution in [0.4, 0.5) is 4.79 Å². The van der Waals surface area contributed by atoms with Crippen molar-refractivity contribution in [3.05, 3.63) is 0 Å². The number of thioether (sulfide) groups is 1. The standard InChI is InChI=1S/C7H12N2OS/c10-6-9-5-7(11-6)1-3-8-4-2-7/h8H,1-5H2,(H,9,10). The van der Waals surface area contributed by atoms with Crippen molar-refractivity contribution in [2.75, 3.05) is 19.6 Å². The van der Waals surface area contributed by atoms with Crippen molar-refractivity contribution < 1.29 is 4.79 Å².